The zero-order valence-corrected chi connectivity index (χ0v) is 8.14. The minimum absolute atomic E-state index is 0.0118. The van der Waals surface area contributed by atoms with Gasteiger partial charge in [-0.25, -0.2) is 0 Å². The van der Waals surface area contributed by atoms with Gasteiger partial charge in [0.15, 0.2) is 0 Å². The summed E-state index contributed by atoms with van der Waals surface area (Å²) in [6, 6.07) is 9.07. The summed E-state index contributed by atoms with van der Waals surface area (Å²) < 4.78 is 4.74. The third-order valence-corrected chi connectivity index (χ3v) is 1.85. The number of hydrogen-bond donors (Lipinski definition) is 1. The van der Waals surface area contributed by atoms with Crippen molar-refractivity contribution in [2.45, 2.75) is 19.4 Å². The molecule has 1 atom stereocenters. The maximum Gasteiger partial charge on any atom is 0.308 e. The summed E-state index contributed by atoms with van der Waals surface area (Å²) in [4.78, 5) is 11.0. The topological polar surface area (TPSA) is 46.5 Å². The second-order valence-electron chi connectivity index (χ2n) is 2.94. The lowest BCUT2D eigenvalue weighted by molar-refractivity contribution is -0.145. The first-order valence-electron chi connectivity index (χ1n) is 4.62. The lowest BCUT2D eigenvalue weighted by Gasteiger charge is -2.09. The molecule has 0 heterocycles. The van der Waals surface area contributed by atoms with Crippen LogP contribution in [0, 0.1) is 0 Å². The van der Waals surface area contributed by atoms with E-state index in [1.807, 2.05) is 18.2 Å². The molecule has 0 aliphatic rings. The SMILES string of the molecule is CCOC(=O)C[C@H](O)c1ccccc1. The molecule has 0 bridgehead atoms. The van der Waals surface area contributed by atoms with Crippen LogP contribution in [0.1, 0.15) is 25.0 Å². The Balaban J connectivity index is 2.50. The van der Waals surface area contributed by atoms with E-state index < -0.39 is 6.10 Å². The number of esters is 1. The fourth-order valence-electron chi connectivity index (χ4n) is 1.17. The van der Waals surface area contributed by atoms with Gasteiger partial charge in [-0.05, 0) is 12.5 Å². The highest BCUT2D eigenvalue weighted by Gasteiger charge is 2.12. The number of carbonyl (C=O) groups is 1. The maximum absolute atomic E-state index is 11.0. The van der Waals surface area contributed by atoms with Gasteiger partial charge in [0.1, 0.15) is 0 Å². The van der Waals surface area contributed by atoms with Crippen molar-refractivity contribution in [2.24, 2.45) is 0 Å². The van der Waals surface area contributed by atoms with Crippen LogP contribution < -0.4 is 0 Å². The van der Waals surface area contributed by atoms with E-state index in [2.05, 4.69) is 0 Å². The highest BCUT2D eigenvalue weighted by atomic mass is 16.5. The molecule has 14 heavy (non-hydrogen) atoms. The lowest BCUT2D eigenvalue weighted by Crippen LogP contribution is -2.09. The summed E-state index contributed by atoms with van der Waals surface area (Å²) in [6.07, 6.45) is -0.757. The number of rotatable bonds is 4. The highest BCUT2D eigenvalue weighted by Crippen LogP contribution is 2.16. The largest absolute Gasteiger partial charge is 0.466 e. The minimum Gasteiger partial charge on any atom is -0.466 e. The molecule has 0 saturated carbocycles. The highest BCUT2D eigenvalue weighted by molar-refractivity contribution is 5.70. The van der Waals surface area contributed by atoms with Gasteiger partial charge in [-0.2, -0.15) is 0 Å². The number of benzene rings is 1. The van der Waals surface area contributed by atoms with Crippen LogP contribution in [0.15, 0.2) is 30.3 Å². The van der Waals surface area contributed by atoms with E-state index >= 15 is 0 Å². The predicted octanol–water partition coefficient (Wildman–Crippen LogP) is 1.67. The third-order valence-electron chi connectivity index (χ3n) is 1.85. The Kier molecular flexibility index (Phi) is 4.13. The number of carbonyl (C=O) groups excluding carboxylic acids is 1. The summed E-state index contributed by atoms with van der Waals surface area (Å²) in [7, 11) is 0. The average molecular weight is 194 g/mol. The summed E-state index contributed by atoms with van der Waals surface area (Å²) in [5.41, 5.74) is 0.737. The van der Waals surface area contributed by atoms with E-state index in [1.54, 1.807) is 19.1 Å². The standard InChI is InChI=1S/C11H14O3/c1-2-14-11(13)8-10(12)9-6-4-3-5-7-9/h3-7,10,12H,2,8H2,1H3/t10-/m0/s1. The smallest absolute Gasteiger partial charge is 0.308 e. The summed E-state index contributed by atoms with van der Waals surface area (Å²) in [6.45, 7) is 2.09. The van der Waals surface area contributed by atoms with E-state index in [4.69, 9.17) is 4.74 Å². The second-order valence-corrected chi connectivity index (χ2v) is 2.94. The molecule has 0 fully saturated rings. The molecule has 1 aromatic rings. The second kappa shape index (κ2) is 5.40. The van der Waals surface area contributed by atoms with Crippen molar-refractivity contribution >= 4 is 5.97 Å². The lowest BCUT2D eigenvalue weighted by atomic mass is 10.1. The number of ether oxygens (including phenoxy) is 1. The molecule has 0 amide bonds. The molecule has 1 aromatic carbocycles. The maximum atomic E-state index is 11.0. The van der Waals surface area contributed by atoms with Crippen molar-refractivity contribution < 1.29 is 14.6 Å². The molecule has 0 radical (unpaired) electrons. The first kappa shape index (κ1) is 10.7. The fourth-order valence-corrected chi connectivity index (χ4v) is 1.17. The Morgan fingerprint density at radius 1 is 1.43 bits per heavy atom. The van der Waals surface area contributed by atoms with Gasteiger partial charge in [0.25, 0.3) is 0 Å². The Labute approximate surface area is 83.3 Å². The molecule has 0 aliphatic heterocycles. The molecule has 0 aliphatic carbocycles. The van der Waals surface area contributed by atoms with Gasteiger partial charge in [0, 0.05) is 0 Å². The van der Waals surface area contributed by atoms with Gasteiger partial charge in [-0.3, -0.25) is 4.79 Å². The van der Waals surface area contributed by atoms with E-state index in [0.29, 0.717) is 6.61 Å². The van der Waals surface area contributed by atoms with Gasteiger partial charge in [0.2, 0.25) is 0 Å². The zero-order chi connectivity index (χ0) is 10.4. The fraction of sp³-hybridized carbons (Fsp3) is 0.364. The van der Waals surface area contributed by atoms with E-state index in [1.165, 1.54) is 0 Å². The van der Waals surface area contributed by atoms with Gasteiger partial charge >= 0.3 is 5.97 Å². The molecule has 0 spiro atoms. The van der Waals surface area contributed by atoms with Gasteiger partial charge in [-0.1, -0.05) is 30.3 Å². The van der Waals surface area contributed by atoms with Crippen molar-refractivity contribution in [1.82, 2.24) is 0 Å². The quantitative estimate of drug-likeness (QED) is 0.742. The Hall–Kier alpha value is -1.35. The van der Waals surface area contributed by atoms with Crippen LogP contribution >= 0.6 is 0 Å². The Morgan fingerprint density at radius 3 is 2.64 bits per heavy atom. The molecule has 0 saturated heterocycles. The van der Waals surface area contributed by atoms with E-state index in [0.717, 1.165) is 5.56 Å². The molecule has 3 heteroatoms. The van der Waals surface area contributed by atoms with Crippen molar-refractivity contribution in [3.63, 3.8) is 0 Å². The molecular formula is C11H14O3. The first-order valence-corrected chi connectivity index (χ1v) is 4.62. The molecule has 1 rings (SSSR count). The van der Waals surface area contributed by atoms with Crippen molar-refractivity contribution in [3.8, 4) is 0 Å². The molecular weight excluding hydrogens is 180 g/mol. The summed E-state index contributed by atoms with van der Waals surface area (Å²) in [5.74, 6) is -0.371. The Morgan fingerprint density at radius 2 is 2.07 bits per heavy atom. The van der Waals surface area contributed by atoms with Gasteiger partial charge in [-0.15, -0.1) is 0 Å². The molecule has 0 unspecified atom stereocenters. The van der Waals surface area contributed by atoms with Crippen LogP contribution in [0.4, 0.5) is 0 Å². The number of aliphatic hydroxyl groups is 1. The van der Waals surface area contributed by atoms with Crippen LogP contribution in [0.5, 0.6) is 0 Å². The van der Waals surface area contributed by atoms with Gasteiger partial charge < -0.3 is 9.84 Å². The summed E-state index contributed by atoms with van der Waals surface area (Å²) in [5, 5.41) is 9.62. The van der Waals surface area contributed by atoms with Crippen LogP contribution in [-0.4, -0.2) is 17.7 Å². The monoisotopic (exact) mass is 194 g/mol. The first-order chi connectivity index (χ1) is 6.74. The molecule has 0 aromatic heterocycles. The molecule has 76 valence electrons. The van der Waals surface area contributed by atoms with Crippen LogP contribution in [0.2, 0.25) is 0 Å². The van der Waals surface area contributed by atoms with Crippen molar-refractivity contribution in [2.75, 3.05) is 6.61 Å². The molecule has 1 N–H and O–H groups in total. The van der Waals surface area contributed by atoms with E-state index in [9.17, 15) is 9.90 Å². The van der Waals surface area contributed by atoms with Crippen LogP contribution in [0.25, 0.3) is 0 Å². The van der Waals surface area contributed by atoms with Crippen molar-refractivity contribution in [1.29, 1.82) is 0 Å². The summed E-state index contributed by atoms with van der Waals surface area (Å²) >= 11 is 0. The number of hydrogen-bond acceptors (Lipinski definition) is 3. The average Bonchev–Trinajstić information content (AvgIpc) is 2.19. The minimum atomic E-state index is -0.768. The van der Waals surface area contributed by atoms with Crippen LogP contribution in [0.3, 0.4) is 0 Å². The zero-order valence-electron chi connectivity index (χ0n) is 8.14. The normalized spacial score (nSPS) is 12.1. The number of aliphatic hydroxyl groups excluding tert-OH is 1. The Bertz CT molecular complexity index is 282. The van der Waals surface area contributed by atoms with E-state index in [-0.39, 0.29) is 12.4 Å². The van der Waals surface area contributed by atoms with Crippen molar-refractivity contribution in [3.05, 3.63) is 35.9 Å². The van der Waals surface area contributed by atoms with Gasteiger partial charge in [0.05, 0.1) is 19.1 Å². The molecule has 3 nitrogen and oxygen atoms in total. The van der Waals surface area contributed by atoms with Crippen LogP contribution in [-0.2, 0) is 9.53 Å². The third kappa shape index (κ3) is 3.18. The predicted molar refractivity (Wildman–Crippen MR) is 52.7 cm³/mol.